The summed E-state index contributed by atoms with van der Waals surface area (Å²) in [6.45, 7) is 3.75. The number of nitrogens with zero attached hydrogens (tertiary/aromatic N) is 2. The number of esters is 1. The van der Waals surface area contributed by atoms with Gasteiger partial charge in [0.2, 0.25) is 5.71 Å². The van der Waals surface area contributed by atoms with Gasteiger partial charge in [-0.3, -0.25) is 0 Å². The molecular formula is C29H27N3O3S. The molecule has 0 saturated carbocycles. The van der Waals surface area contributed by atoms with Crippen LogP contribution in [0.5, 0.6) is 0 Å². The second-order valence-electron chi connectivity index (χ2n) is 7.75. The molecule has 0 aliphatic rings. The quantitative estimate of drug-likeness (QED) is 0.0907. The Morgan fingerprint density at radius 2 is 1.47 bits per heavy atom. The molecule has 1 N–H and O–H groups in total. The summed E-state index contributed by atoms with van der Waals surface area (Å²) in [5.41, 5.74) is 2.79. The van der Waals surface area contributed by atoms with E-state index in [4.69, 9.17) is 14.6 Å². The lowest BCUT2D eigenvalue weighted by Gasteiger charge is -2.36. The van der Waals surface area contributed by atoms with Gasteiger partial charge in [-0.2, -0.15) is 0 Å². The number of carbonyl (C=O) groups is 1. The summed E-state index contributed by atoms with van der Waals surface area (Å²) in [5.74, 6) is -0.598. The van der Waals surface area contributed by atoms with Crippen LogP contribution in [0.15, 0.2) is 114 Å². The fourth-order valence-corrected chi connectivity index (χ4v) is 4.66. The third kappa shape index (κ3) is 5.37. The van der Waals surface area contributed by atoms with Crippen molar-refractivity contribution in [2.45, 2.75) is 19.4 Å². The van der Waals surface area contributed by atoms with Crippen molar-refractivity contribution in [2.75, 3.05) is 11.9 Å². The van der Waals surface area contributed by atoms with Gasteiger partial charge in [0.1, 0.15) is 17.5 Å². The zero-order chi connectivity index (χ0) is 25.2. The van der Waals surface area contributed by atoms with Crippen LogP contribution in [0.25, 0.3) is 0 Å². The van der Waals surface area contributed by atoms with E-state index in [1.54, 1.807) is 25.3 Å². The Morgan fingerprint density at radius 1 is 0.944 bits per heavy atom. The molecule has 1 heterocycles. The minimum Gasteiger partial charge on any atom is -0.461 e. The molecule has 0 aliphatic carbocycles. The first-order valence-electron chi connectivity index (χ1n) is 11.6. The smallest absolute Gasteiger partial charge is 0.362 e. The zero-order valence-corrected chi connectivity index (χ0v) is 20.9. The summed E-state index contributed by atoms with van der Waals surface area (Å²) in [6, 6.07) is 30.7. The van der Waals surface area contributed by atoms with Gasteiger partial charge in [-0.1, -0.05) is 96.2 Å². The first-order chi connectivity index (χ1) is 17.7. The van der Waals surface area contributed by atoms with Crippen LogP contribution in [0.4, 0.5) is 5.13 Å². The molecule has 4 aromatic rings. The molecule has 0 bridgehead atoms. The molecule has 0 atom stereocenters. The Labute approximate surface area is 214 Å². The lowest BCUT2D eigenvalue weighted by atomic mass is 9.77. The van der Waals surface area contributed by atoms with E-state index in [2.05, 4.69) is 46.9 Å². The van der Waals surface area contributed by atoms with Crippen molar-refractivity contribution in [1.29, 1.82) is 0 Å². The van der Waals surface area contributed by atoms with Crippen molar-refractivity contribution in [1.82, 2.24) is 4.98 Å². The second kappa shape index (κ2) is 12.0. The van der Waals surface area contributed by atoms with Crippen LogP contribution in [-0.4, -0.2) is 23.3 Å². The summed E-state index contributed by atoms with van der Waals surface area (Å²) in [5, 5.41) is 10.0. The van der Waals surface area contributed by atoms with Crippen LogP contribution in [-0.2, 0) is 19.9 Å². The molecule has 0 amide bonds. The van der Waals surface area contributed by atoms with Crippen LogP contribution in [0.3, 0.4) is 0 Å². The molecule has 7 heteroatoms. The largest absolute Gasteiger partial charge is 0.461 e. The van der Waals surface area contributed by atoms with Crippen LogP contribution in [0, 0.1) is 0 Å². The highest BCUT2D eigenvalue weighted by Crippen LogP contribution is 2.40. The first-order valence-corrected chi connectivity index (χ1v) is 12.5. The summed E-state index contributed by atoms with van der Waals surface area (Å²) in [6.07, 6.45) is 3.06. The van der Waals surface area contributed by atoms with Gasteiger partial charge in [-0.05, 0) is 36.6 Å². The predicted molar refractivity (Wildman–Crippen MR) is 144 cm³/mol. The fourth-order valence-electron chi connectivity index (χ4n) is 3.91. The number of benzene rings is 3. The number of rotatable bonds is 10. The minimum atomic E-state index is -0.735. The van der Waals surface area contributed by atoms with Crippen molar-refractivity contribution in [3.05, 3.63) is 131 Å². The average Bonchev–Trinajstić information content (AvgIpc) is 3.39. The van der Waals surface area contributed by atoms with Crippen molar-refractivity contribution < 1.29 is 14.4 Å². The molecule has 182 valence electrons. The minimum absolute atomic E-state index is 0.00369. The number of hydrogen-bond acceptors (Lipinski definition) is 7. The van der Waals surface area contributed by atoms with Gasteiger partial charge < -0.3 is 14.9 Å². The number of nitrogens with one attached hydrogen (secondary N) is 1. The third-order valence-electron chi connectivity index (χ3n) is 5.47. The highest BCUT2D eigenvalue weighted by molar-refractivity contribution is 7.14. The number of thiazole rings is 1. The van der Waals surface area contributed by atoms with Gasteiger partial charge in [-0.25, -0.2) is 9.78 Å². The van der Waals surface area contributed by atoms with Gasteiger partial charge >= 0.3 is 5.97 Å². The molecule has 1 aromatic heterocycles. The molecule has 4 rings (SSSR count). The molecule has 0 aliphatic heterocycles. The standard InChI is InChI=1S/C29H27N3O3S/c1-3-20-35-32-26(27(33)34-4-2)25-21-36-28(30-25)31-29(22-14-8-5-9-15-22,23-16-10-6-11-17-23)24-18-12-7-13-19-24/h3,5-21H,4H2,1-2H3,(H,30,31)/b20-3+,32-26-. The van der Waals surface area contributed by atoms with E-state index in [9.17, 15) is 4.79 Å². The summed E-state index contributed by atoms with van der Waals surface area (Å²) < 4.78 is 5.18. The van der Waals surface area contributed by atoms with Crippen LogP contribution >= 0.6 is 11.3 Å². The van der Waals surface area contributed by atoms with E-state index in [-0.39, 0.29) is 12.3 Å². The molecule has 3 aromatic carbocycles. The van der Waals surface area contributed by atoms with E-state index in [0.717, 1.165) is 16.7 Å². The van der Waals surface area contributed by atoms with Gasteiger partial charge in [0.25, 0.3) is 0 Å². The maximum atomic E-state index is 12.6. The van der Waals surface area contributed by atoms with Gasteiger partial charge in [-0.15, -0.1) is 11.3 Å². The number of hydrogen-bond donors (Lipinski definition) is 1. The van der Waals surface area contributed by atoms with E-state index >= 15 is 0 Å². The molecule has 36 heavy (non-hydrogen) atoms. The lowest BCUT2D eigenvalue weighted by Crippen LogP contribution is -2.38. The normalized spacial score (nSPS) is 11.9. The highest BCUT2D eigenvalue weighted by atomic mass is 32.1. The van der Waals surface area contributed by atoms with Crippen LogP contribution in [0.1, 0.15) is 36.2 Å². The second-order valence-corrected chi connectivity index (χ2v) is 8.60. The fraction of sp³-hybridized carbons (Fsp3) is 0.138. The monoisotopic (exact) mass is 497 g/mol. The molecule has 0 unspecified atom stereocenters. The number of carbonyl (C=O) groups excluding carboxylic acids is 1. The zero-order valence-electron chi connectivity index (χ0n) is 20.1. The van der Waals surface area contributed by atoms with Gasteiger partial charge in [0.05, 0.1) is 6.61 Å². The summed E-state index contributed by atoms with van der Waals surface area (Å²) in [4.78, 5) is 22.4. The number of anilines is 1. The lowest BCUT2D eigenvalue weighted by molar-refractivity contribution is -0.135. The SMILES string of the molecule is C/C=C/O/N=C(\C(=O)OCC)c1csc(NC(c2ccccc2)(c2ccccc2)c2ccccc2)n1. The Kier molecular flexibility index (Phi) is 8.26. The van der Waals surface area contributed by atoms with Crippen molar-refractivity contribution in [3.63, 3.8) is 0 Å². The van der Waals surface area contributed by atoms with Crippen molar-refractivity contribution in [2.24, 2.45) is 5.16 Å². The molecule has 0 saturated heterocycles. The van der Waals surface area contributed by atoms with Gasteiger partial charge in [0.15, 0.2) is 5.13 Å². The third-order valence-corrected chi connectivity index (χ3v) is 6.23. The number of aromatic nitrogens is 1. The maximum absolute atomic E-state index is 12.6. The predicted octanol–water partition coefficient (Wildman–Crippen LogP) is 6.36. The summed E-state index contributed by atoms with van der Waals surface area (Å²) >= 11 is 1.38. The molecule has 6 nitrogen and oxygen atoms in total. The molecule has 0 radical (unpaired) electrons. The Morgan fingerprint density at radius 3 is 1.94 bits per heavy atom. The molecule has 0 fully saturated rings. The highest BCUT2D eigenvalue weighted by Gasteiger charge is 2.37. The van der Waals surface area contributed by atoms with E-state index in [1.165, 1.54) is 17.6 Å². The Hall–Kier alpha value is -4.23. The number of ether oxygens (including phenoxy) is 1. The van der Waals surface area contributed by atoms with E-state index in [1.807, 2.05) is 54.6 Å². The Balaban J connectivity index is 1.83. The number of allylic oxidation sites excluding steroid dienone is 1. The van der Waals surface area contributed by atoms with Crippen LogP contribution < -0.4 is 5.32 Å². The van der Waals surface area contributed by atoms with Crippen molar-refractivity contribution >= 4 is 28.1 Å². The maximum Gasteiger partial charge on any atom is 0.362 e. The average molecular weight is 498 g/mol. The molecule has 0 spiro atoms. The van der Waals surface area contributed by atoms with Crippen molar-refractivity contribution in [3.8, 4) is 0 Å². The first kappa shape index (κ1) is 24.9. The van der Waals surface area contributed by atoms with E-state index in [0.29, 0.717) is 10.8 Å². The van der Waals surface area contributed by atoms with Gasteiger partial charge in [0, 0.05) is 5.38 Å². The van der Waals surface area contributed by atoms with Crippen LogP contribution in [0.2, 0.25) is 0 Å². The topological polar surface area (TPSA) is 72.8 Å². The Bertz CT molecular complexity index is 1220. The van der Waals surface area contributed by atoms with E-state index < -0.39 is 11.5 Å². The molecular weight excluding hydrogens is 470 g/mol. The number of oxime groups is 1. The summed E-state index contributed by atoms with van der Waals surface area (Å²) in [7, 11) is 0.